The van der Waals surface area contributed by atoms with Crippen molar-refractivity contribution in [1.29, 1.82) is 0 Å². The minimum absolute atomic E-state index is 1.44. The molecule has 0 amide bonds. The largest absolute Gasteiger partial charge is 0.405 e. The van der Waals surface area contributed by atoms with Gasteiger partial charge in [0, 0.05) is 0 Å². The van der Waals surface area contributed by atoms with Gasteiger partial charge in [0.25, 0.3) is 0 Å². The topological polar surface area (TPSA) is 47.6 Å². The molecular formula is C6H10N2O. The molecule has 3 heteroatoms. The molecule has 0 rings (SSSR count). The first-order valence-electron chi connectivity index (χ1n) is 2.52. The molecule has 0 aromatic rings. The van der Waals surface area contributed by atoms with Gasteiger partial charge in [-0.25, -0.2) is 0 Å². The Hall–Kier alpha value is -1.25. The molecule has 2 N–H and O–H groups in total. The lowest BCUT2D eigenvalue weighted by Crippen LogP contribution is -1.73. The Morgan fingerprint density at radius 3 is 2.67 bits per heavy atom. The number of allylic oxidation sites excluding steroid dienone is 3. The van der Waals surface area contributed by atoms with Gasteiger partial charge in [0.2, 0.25) is 0 Å². The van der Waals surface area contributed by atoms with Crippen molar-refractivity contribution in [1.82, 2.24) is 0 Å². The lowest BCUT2D eigenvalue weighted by molar-refractivity contribution is 0.215. The fourth-order valence-electron chi connectivity index (χ4n) is 0.274. The Morgan fingerprint density at radius 2 is 2.11 bits per heavy atom. The zero-order valence-electron chi connectivity index (χ0n) is 5.32. The average Bonchev–Trinajstić information content (AvgIpc) is 1.89. The van der Waals surface area contributed by atoms with Gasteiger partial charge >= 0.3 is 0 Å². The SMILES string of the molecule is CO/N=C/C=C\C=C\N. The fraction of sp³-hybridized carbons (Fsp3) is 0.167. The van der Waals surface area contributed by atoms with Crippen molar-refractivity contribution in [3.8, 4) is 0 Å². The molecule has 0 fully saturated rings. The molecule has 0 atom stereocenters. The summed E-state index contributed by atoms with van der Waals surface area (Å²) in [5.41, 5.74) is 5.04. The van der Waals surface area contributed by atoms with Crippen LogP contribution in [0.3, 0.4) is 0 Å². The van der Waals surface area contributed by atoms with Crippen LogP contribution < -0.4 is 5.73 Å². The molecular weight excluding hydrogens is 116 g/mol. The highest BCUT2D eigenvalue weighted by atomic mass is 16.6. The van der Waals surface area contributed by atoms with E-state index in [0.29, 0.717) is 0 Å². The summed E-state index contributed by atoms with van der Waals surface area (Å²) >= 11 is 0. The number of hydrogen-bond donors (Lipinski definition) is 1. The molecule has 0 aromatic carbocycles. The average molecular weight is 126 g/mol. The second kappa shape index (κ2) is 6.75. The zero-order valence-corrected chi connectivity index (χ0v) is 5.32. The Kier molecular flexibility index (Phi) is 5.81. The van der Waals surface area contributed by atoms with Crippen LogP contribution in [0.4, 0.5) is 0 Å². The molecule has 0 unspecified atom stereocenters. The van der Waals surface area contributed by atoms with E-state index >= 15 is 0 Å². The van der Waals surface area contributed by atoms with Crippen LogP contribution in [-0.4, -0.2) is 13.3 Å². The molecule has 0 radical (unpaired) electrons. The number of rotatable bonds is 3. The van der Waals surface area contributed by atoms with E-state index in [-0.39, 0.29) is 0 Å². The van der Waals surface area contributed by atoms with Crippen LogP contribution in [0.15, 0.2) is 29.6 Å². The molecule has 50 valence electrons. The summed E-state index contributed by atoms with van der Waals surface area (Å²) in [5, 5.41) is 3.46. The van der Waals surface area contributed by atoms with Crippen LogP contribution in [0.2, 0.25) is 0 Å². The van der Waals surface area contributed by atoms with Gasteiger partial charge in [-0.05, 0) is 18.4 Å². The van der Waals surface area contributed by atoms with Crippen molar-refractivity contribution < 1.29 is 4.84 Å². The van der Waals surface area contributed by atoms with Crippen LogP contribution in [-0.2, 0) is 4.84 Å². The van der Waals surface area contributed by atoms with E-state index in [2.05, 4.69) is 9.99 Å². The standard InChI is InChI=1S/C6H10N2O/c1-9-8-6-4-2-3-5-7/h2-6H,7H2,1H3/b4-2-,5-3+,8-6+. The summed E-state index contributed by atoms with van der Waals surface area (Å²) in [6, 6.07) is 0. The highest BCUT2D eigenvalue weighted by Gasteiger charge is 1.60. The first-order valence-corrected chi connectivity index (χ1v) is 2.52. The van der Waals surface area contributed by atoms with Crippen LogP contribution >= 0.6 is 0 Å². The van der Waals surface area contributed by atoms with E-state index in [1.54, 1.807) is 18.2 Å². The quantitative estimate of drug-likeness (QED) is 0.343. The van der Waals surface area contributed by atoms with Crippen molar-refractivity contribution in [3.05, 3.63) is 24.4 Å². The van der Waals surface area contributed by atoms with Gasteiger partial charge in [-0.2, -0.15) is 0 Å². The van der Waals surface area contributed by atoms with E-state index in [9.17, 15) is 0 Å². The Balaban J connectivity index is 3.35. The Morgan fingerprint density at radius 1 is 1.33 bits per heavy atom. The smallest absolute Gasteiger partial charge is 0.106 e. The maximum absolute atomic E-state index is 5.04. The van der Waals surface area contributed by atoms with Crippen molar-refractivity contribution >= 4 is 6.21 Å². The van der Waals surface area contributed by atoms with Crippen LogP contribution in [0.1, 0.15) is 0 Å². The van der Waals surface area contributed by atoms with Gasteiger partial charge < -0.3 is 10.6 Å². The Bertz CT molecular complexity index is 127. The minimum Gasteiger partial charge on any atom is -0.405 e. The number of nitrogens with two attached hydrogens (primary N) is 1. The predicted octanol–water partition coefficient (Wildman–Crippen LogP) is 0.647. The second-order valence-electron chi connectivity index (χ2n) is 1.21. The normalized spacial score (nSPS) is 12.1. The van der Waals surface area contributed by atoms with Gasteiger partial charge in [0.1, 0.15) is 7.11 Å². The predicted molar refractivity (Wildman–Crippen MR) is 38.0 cm³/mol. The number of oxime groups is 1. The summed E-state index contributed by atoms with van der Waals surface area (Å²) < 4.78 is 0. The van der Waals surface area contributed by atoms with E-state index in [0.717, 1.165) is 0 Å². The highest BCUT2D eigenvalue weighted by Crippen LogP contribution is 1.71. The first kappa shape index (κ1) is 7.75. The summed E-state index contributed by atoms with van der Waals surface area (Å²) in [7, 11) is 1.49. The molecule has 0 aliphatic heterocycles. The lowest BCUT2D eigenvalue weighted by atomic mass is 10.5. The van der Waals surface area contributed by atoms with E-state index < -0.39 is 0 Å². The van der Waals surface area contributed by atoms with E-state index in [1.165, 1.54) is 19.5 Å². The van der Waals surface area contributed by atoms with Gasteiger partial charge in [-0.1, -0.05) is 11.2 Å². The molecule has 0 aliphatic rings. The summed E-state index contributed by atoms with van der Waals surface area (Å²) in [5.74, 6) is 0. The molecule has 0 saturated heterocycles. The minimum atomic E-state index is 1.44. The van der Waals surface area contributed by atoms with E-state index in [4.69, 9.17) is 5.73 Å². The molecule has 0 bridgehead atoms. The van der Waals surface area contributed by atoms with Crippen LogP contribution in [0, 0.1) is 0 Å². The second-order valence-corrected chi connectivity index (χ2v) is 1.21. The molecule has 0 heterocycles. The highest BCUT2D eigenvalue weighted by molar-refractivity contribution is 5.70. The maximum atomic E-state index is 5.04. The molecule has 0 saturated carbocycles. The van der Waals surface area contributed by atoms with Crippen molar-refractivity contribution in [2.75, 3.05) is 7.11 Å². The van der Waals surface area contributed by atoms with Crippen molar-refractivity contribution in [2.45, 2.75) is 0 Å². The van der Waals surface area contributed by atoms with Gasteiger partial charge in [-0.3, -0.25) is 0 Å². The maximum Gasteiger partial charge on any atom is 0.106 e. The molecule has 0 aliphatic carbocycles. The molecule has 9 heavy (non-hydrogen) atoms. The van der Waals surface area contributed by atoms with Gasteiger partial charge in [0.05, 0.1) is 6.21 Å². The third-order valence-electron chi connectivity index (χ3n) is 0.586. The lowest BCUT2D eigenvalue weighted by Gasteiger charge is -1.78. The van der Waals surface area contributed by atoms with E-state index in [1.807, 2.05) is 0 Å². The van der Waals surface area contributed by atoms with Gasteiger partial charge in [0.15, 0.2) is 0 Å². The monoisotopic (exact) mass is 126 g/mol. The number of nitrogens with zero attached hydrogens (tertiary/aromatic N) is 1. The van der Waals surface area contributed by atoms with Crippen LogP contribution in [0.25, 0.3) is 0 Å². The summed E-state index contributed by atoms with van der Waals surface area (Å²) in [4.78, 5) is 4.38. The summed E-state index contributed by atoms with van der Waals surface area (Å²) in [6.07, 6.45) is 8.13. The summed E-state index contributed by atoms with van der Waals surface area (Å²) in [6.45, 7) is 0. The molecule has 0 spiro atoms. The molecule has 3 nitrogen and oxygen atoms in total. The van der Waals surface area contributed by atoms with Crippen molar-refractivity contribution in [2.24, 2.45) is 10.9 Å². The molecule has 0 aromatic heterocycles. The number of hydrogen-bond acceptors (Lipinski definition) is 3. The van der Waals surface area contributed by atoms with Crippen molar-refractivity contribution in [3.63, 3.8) is 0 Å². The third-order valence-corrected chi connectivity index (χ3v) is 0.586. The fourth-order valence-corrected chi connectivity index (χ4v) is 0.274. The third kappa shape index (κ3) is 6.75. The Labute approximate surface area is 54.5 Å². The zero-order chi connectivity index (χ0) is 6.95. The van der Waals surface area contributed by atoms with Gasteiger partial charge in [-0.15, -0.1) is 0 Å². The van der Waals surface area contributed by atoms with Crippen LogP contribution in [0.5, 0.6) is 0 Å². The first-order chi connectivity index (χ1) is 4.41.